The molecule has 0 spiro atoms. The predicted octanol–water partition coefficient (Wildman–Crippen LogP) is 3.22. The topological polar surface area (TPSA) is 103 Å². The van der Waals surface area contributed by atoms with Gasteiger partial charge >= 0.3 is 12.1 Å². The fraction of sp³-hybridized carbons (Fsp3) is 0.500. The number of rotatable bonds is 2. The number of nitrogen functional groups attached to an aromatic ring is 1. The molecule has 2 N–H and O–H groups in total. The van der Waals surface area contributed by atoms with Crippen LogP contribution in [0.4, 0.5) is 16.2 Å². The number of anilines is 2. The molecular formula is C22H29N5O4. The van der Waals surface area contributed by atoms with E-state index in [9.17, 15) is 9.59 Å². The number of fused-ring (bicyclic) bond motifs is 3. The predicted molar refractivity (Wildman–Crippen MR) is 117 cm³/mol. The zero-order chi connectivity index (χ0) is 22.7. The Hall–Kier alpha value is -3.23. The van der Waals surface area contributed by atoms with E-state index in [-0.39, 0.29) is 18.2 Å². The Morgan fingerprint density at radius 2 is 1.87 bits per heavy atom. The molecule has 0 saturated carbocycles. The van der Waals surface area contributed by atoms with Gasteiger partial charge in [-0.3, -0.25) is 4.68 Å². The maximum Gasteiger partial charge on any atom is 0.410 e. The normalized spacial score (nSPS) is 18.2. The van der Waals surface area contributed by atoms with Crippen LogP contribution < -0.4 is 10.6 Å². The standard InChI is InChI=1S/C22H29N5O4/c1-12-18-16(15-7-13(20(28)30-6)8-17(23)19(15)25(12)5)9-24-27(18)14-10-26(11-14)21(29)31-22(2,3)4/h7-9,12,14H,10-11,23H2,1-6H3. The Balaban J connectivity index is 1.66. The average molecular weight is 428 g/mol. The van der Waals surface area contributed by atoms with E-state index >= 15 is 0 Å². The van der Waals surface area contributed by atoms with Crippen LogP contribution in [0.5, 0.6) is 0 Å². The number of hydrogen-bond acceptors (Lipinski definition) is 7. The molecule has 0 radical (unpaired) electrons. The lowest BCUT2D eigenvalue weighted by Crippen LogP contribution is -2.53. The van der Waals surface area contributed by atoms with Crippen LogP contribution in [-0.2, 0) is 9.47 Å². The van der Waals surface area contributed by atoms with Gasteiger partial charge in [0, 0.05) is 31.3 Å². The summed E-state index contributed by atoms with van der Waals surface area (Å²) < 4.78 is 12.3. The van der Waals surface area contributed by atoms with E-state index in [1.807, 2.05) is 38.7 Å². The van der Waals surface area contributed by atoms with Crippen molar-refractivity contribution in [1.29, 1.82) is 0 Å². The number of benzene rings is 1. The second-order valence-electron chi connectivity index (χ2n) is 9.17. The van der Waals surface area contributed by atoms with Crippen LogP contribution in [0.25, 0.3) is 11.1 Å². The number of likely N-dealkylation sites (tertiary alicyclic amines) is 1. The van der Waals surface area contributed by atoms with Gasteiger partial charge in [-0.05, 0) is 39.8 Å². The summed E-state index contributed by atoms with van der Waals surface area (Å²) in [7, 11) is 3.33. The van der Waals surface area contributed by atoms with Crippen LogP contribution in [0.2, 0.25) is 0 Å². The van der Waals surface area contributed by atoms with Gasteiger partial charge in [-0.2, -0.15) is 5.10 Å². The Kier molecular flexibility index (Phi) is 4.87. The molecule has 9 heteroatoms. The van der Waals surface area contributed by atoms with Crippen LogP contribution in [0.3, 0.4) is 0 Å². The summed E-state index contributed by atoms with van der Waals surface area (Å²) in [5.41, 5.74) is 10.4. The van der Waals surface area contributed by atoms with Gasteiger partial charge in [0.1, 0.15) is 5.60 Å². The first-order valence-electron chi connectivity index (χ1n) is 10.3. The summed E-state index contributed by atoms with van der Waals surface area (Å²) in [5.74, 6) is -0.434. The lowest BCUT2D eigenvalue weighted by atomic mass is 9.91. The van der Waals surface area contributed by atoms with Gasteiger partial charge < -0.3 is 25.0 Å². The van der Waals surface area contributed by atoms with E-state index in [0.29, 0.717) is 24.3 Å². The number of amides is 1. The van der Waals surface area contributed by atoms with Crippen molar-refractivity contribution in [2.75, 3.05) is 37.9 Å². The Morgan fingerprint density at radius 3 is 2.48 bits per heavy atom. The molecule has 31 heavy (non-hydrogen) atoms. The minimum absolute atomic E-state index is 0.0202. The van der Waals surface area contributed by atoms with Gasteiger partial charge in [0.2, 0.25) is 0 Å². The van der Waals surface area contributed by atoms with Crippen LogP contribution in [-0.4, -0.2) is 59.6 Å². The largest absolute Gasteiger partial charge is 0.465 e. The number of carbonyl (C=O) groups is 2. The summed E-state index contributed by atoms with van der Waals surface area (Å²) in [6.45, 7) is 8.74. The molecule has 1 saturated heterocycles. The first-order valence-corrected chi connectivity index (χ1v) is 10.3. The van der Waals surface area contributed by atoms with Crippen LogP contribution in [0.1, 0.15) is 55.8 Å². The zero-order valence-corrected chi connectivity index (χ0v) is 18.8. The smallest absolute Gasteiger partial charge is 0.410 e. The van der Waals surface area contributed by atoms with Gasteiger partial charge in [-0.25, -0.2) is 9.59 Å². The van der Waals surface area contributed by atoms with Crippen molar-refractivity contribution >= 4 is 23.4 Å². The highest BCUT2D eigenvalue weighted by Gasteiger charge is 2.39. The van der Waals surface area contributed by atoms with Crippen molar-refractivity contribution in [2.24, 2.45) is 0 Å². The third kappa shape index (κ3) is 3.47. The lowest BCUT2D eigenvalue weighted by molar-refractivity contribution is -0.000862. The summed E-state index contributed by atoms with van der Waals surface area (Å²) in [4.78, 5) is 28.2. The molecule has 9 nitrogen and oxygen atoms in total. The van der Waals surface area contributed by atoms with Crippen molar-refractivity contribution in [1.82, 2.24) is 14.7 Å². The van der Waals surface area contributed by atoms with Crippen molar-refractivity contribution in [2.45, 2.75) is 45.4 Å². The highest BCUT2D eigenvalue weighted by atomic mass is 16.6. The quantitative estimate of drug-likeness (QED) is 0.580. The van der Waals surface area contributed by atoms with E-state index in [1.54, 1.807) is 17.0 Å². The van der Waals surface area contributed by atoms with Crippen LogP contribution in [0, 0.1) is 0 Å². The molecule has 2 aliphatic heterocycles. The minimum Gasteiger partial charge on any atom is -0.465 e. The highest BCUT2D eigenvalue weighted by Crippen LogP contribution is 2.48. The number of nitrogens with two attached hydrogens (primary N) is 1. The molecule has 2 aliphatic rings. The van der Waals surface area contributed by atoms with Crippen LogP contribution >= 0.6 is 0 Å². The summed E-state index contributed by atoms with van der Waals surface area (Å²) in [6, 6.07) is 3.54. The summed E-state index contributed by atoms with van der Waals surface area (Å²) in [6.07, 6.45) is 1.50. The van der Waals surface area contributed by atoms with Gasteiger partial charge in [-0.15, -0.1) is 0 Å². The summed E-state index contributed by atoms with van der Waals surface area (Å²) in [5, 5.41) is 4.65. The number of aromatic nitrogens is 2. The minimum atomic E-state index is -0.523. The number of carbonyl (C=O) groups excluding carboxylic acids is 2. The van der Waals surface area contributed by atoms with E-state index in [0.717, 1.165) is 22.5 Å². The van der Waals surface area contributed by atoms with Gasteiger partial charge in [0.25, 0.3) is 0 Å². The number of esters is 1. The van der Waals surface area contributed by atoms with Gasteiger partial charge in [-0.1, -0.05) is 0 Å². The second-order valence-corrected chi connectivity index (χ2v) is 9.17. The van der Waals surface area contributed by atoms with Gasteiger partial charge in [0.05, 0.1) is 48.0 Å². The maximum absolute atomic E-state index is 12.3. The van der Waals surface area contributed by atoms with Crippen molar-refractivity contribution in [3.8, 4) is 11.1 Å². The second kappa shape index (κ2) is 7.18. The lowest BCUT2D eigenvalue weighted by Gasteiger charge is -2.42. The van der Waals surface area contributed by atoms with Crippen molar-refractivity contribution in [3.05, 3.63) is 29.6 Å². The fourth-order valence-electron chi connectivity index (χ4n) is 4.24. The van der Waals surface area contributed by atoms with E-state index in [1.165, 1.54) is 7.11 Å². The van der Waals surface area contributed by atoms with E-state index in [2.05, 4.69) is 16.9 Å². The molecule has 1 fully saturated rings. The third-order valence-electron chi connectivity index (χ3n) is 5.87. The molecule has 1 amide bonds. The molecule has 166 valence electrons. The average Bonchev–Trinajstić information content (AvgIpc) is 3.07. The van der Waals surface area contributed by atoms with Gasteiger partial charge in [0.15, 0.2) is 0 Å². The first kappa shape index (κ1) is 21.0. The van der Waals surface area contributed by atoms with Crippen molar-refractivity contribution < 1.29 is 19.1 Å². The molecule has 4 rings (SSSR count). The third-order valence-corrected chi connectivity index (χ3v) is 5.87. The van der Waals surface area contributed by atoms with Crippen molar-refractivity contribution in [3.63, 3.8) is 0 Å². The Morgan fingerprint density at radius 1 is 1.19 bits per heavy atom. The number of hydrogen-bond donors (Lipinski definition) is 1. The maximum atomic E-state index is 12.3. The molecule has 1 aromatic carbocycles. The molecule has 2 aromatic rings. The number of nitrogens with zero attached hydrogens (tertiary/aromatic N) is 4. The van der Waals surface area contributed by atoms with E-state index in [4.69, 9.17) is 15.2 Å². The monoisotopic (exact) mass is 427 g/mol. The zero-order valence-electron chi connectivity index (χ0n) is 18.8. The SMILES string of the molecule is COC(=O)c1cc(N)c2c(c1)-c1cnn(C3CN(C(=O)OC(C)(C)C)C3)c1C(C)N2C. The number of methoxy groups -OCH3 is 1. The van der Waals surface area contributed by atoms with E-state index < -0.39 is 11.6 Å². The fourth-order valence-corrected chi connectivity index (χ4v) is 4.24. The molecular weight excluding hydrogens is 398 g/mol. The molecule has 1 atom stereocenters. The first-order chi connectivity index (χ1) is 14.5. The Labute approximate surface area is 181 Å². The summed E-state index contributed by atoms with van der Waals surface area (Å²) >= 11 is 0. The molecule has 0 bridgehead atoms. The number of ether oxygens (including phenoxy) is 2. The van der Waals surface area contributed by atoms with Crippen LogP contribution in [0.15, 0.2) is 18.3 Å². The highest BCUT2D eigenvalue weighted by molar-refractivity contribution is 5.99. The Bertz CT molecular complexity index is 1050. The molecule has 0 aliphatic carbocycles. The molecule has 1 aromatic heterocycles. The molecule has 1 unspecified atom stereocenters. The molecule has 3 heterocycles.